The Morgan fingerprint density at radius 3 is 1.78 bits per heavy atom. The van der Waals surface area contributed by atoms with Crippen LogP contribution < -0.4 is 0 Å². The molecule has 1 nitrogen and oxygen atoms in total. The van der Waals surface area contributed by atoms with Crippen LogP contribution in [-0.4, -0.2) is 25.6 Å². The average molecular weight is 238 g/mol. The van der Waals surface area contributed by atoms with Gasteiger partial charge in [-0.25, -0.2) is 0 Å². The van der Waals surface area contributed by atoms with Crippen molar-refractivity contribution >= 4 is 5.70 Å². The summed E-state index contributed by atoms with van der Waals surface area (Å²) in [6.45, 7) is 4.17. The molecular weight excluding hydrogens is 218 g/mol. The minimum absolute atomic E-state index is 0.755. The quantitative estimate of drug-likeness (QED) is 0.708. The van der Waals surface area contributed by atoms with Crippen molar-refractivity contribution in [3.05, 3.63) is 66.7 Å². The van der Waals surface area contributed by atoms with Gasteiger partial charge in [0.1, 0.15) is 5.70 Å². The molecule has 0 unspecified atom stereocenters. The average Bonchev–Trinajstić information content (AvgIpc) is 2.38. The highest BCUT2D eigenvalue weighted by molar-refractivity contribution is 5.67. The van der Waals surface area contributed by atoms with Crippen LogP contribution in [0.1, 0.15) is 5.56 Å². The summed E-state index contributed by atoms with van der Waals surface area (Å²) in [6, 6.07) is 19.0. The summed E-state index contributed by atoms with van der Waals surface area (Å²) in [5, 5.41) is 0. The molecule has 0 N–H and O–H groups in total. The summed E-state index contributed by atoms with van der Waals surface area (Å²) in [7, 11) is 6.40. The fraction of sp³-hybridized carbons (Fsp3) is 0.176. The van der Waals surface area contributed by atoms with E-state index in [0.29, 0.717) is 0 Å². The molecule has 0 saturated carbocycles. The van der Waals surface area contributed by atoms with Gasteiger partial charge in [0, 0.05) is 5.56 Å². The summed E-state index contributed by atoms with van der Waals surface area (Å²) < 4.78 is 0.755. The number of hydrogen-bond donors (Lipinski definition) is 0. The summed E-state index contributed by atoms with van der Waals surface area (Å²) in [4.78, 5) is 0. The Hall–Kier alpha value is -1.86. The molecule has 92 valence electrons. The number of rotatable bonds is 3. The van der Waals surface area contributed by atoms with Gasteiger partial charge in [-0.2, -0.15) is 0 Å². The van der Waals surface area contributed by atoms with Crippen molar-refractivity contribution in [2.24, 2.45) is 0 Å². The maximum Gasteiger partial charge on any atom is 0.132 e. The van der Waals surface area contributed by atoms with E-state index < -0.39 is 0 Å². The molecule has 2 rings (SSSR count). The molecule has 0 bridgehead atoms. The molecule has 0 amide bonds. The fourth-order valence-corrected chi connectivity index (χ4v) is 1.87. The molecule has 0 aromatic heterocycles. The lowest BCUT2D eigenvalue weighted by atomic mass is 10.0. The molecule has 0 aliphatic heterocycles. The zero-order valence-corrected chi connectivity index (χ0v) is 11.4. The van der Waals surface area contributed by atoms with E-state index in [-0.39, 0.29) is 0 Å². The van der Waals surface area contributed by atoms with Crippen LogP contribution in [0.4, 0.5) is 0 Å². The van der Waals surface area contributed by atoms with Crippen LogP contribution in [0.15, 0.2) is 61.2 Å². The minimum Gasteiger partial charge on any atom is -0.298 e. The topological polar surface area (TPSA) is 0 Å². The van der Waals surface area contributed by atoms with Gasteiger partial charge >= 0.3 is 0 Å². The van der Waals surface area contributed by atoms with E-state index in [9.17, 15) is 0 Å². The standard InChI is InChI=1S/C17H20N/c1-14(18(2,3)4)15-10-12-17(13-11-15)16-8-6-5-7-9-16/h5-13H,1H2,2-4H3/q+1. The molecule has 0 aliphatic rings. The predicted octanol–water partition coefficient (Wildman–Crippen LogP) is 4.03. The third-order valence-corrected chi connectivity index (χ3v) is 3.13. The van der Waals surface area contributed by atoms with E-state index in [1.54, 1.807) is 0 Å². The van der Waals surface area contributed by atoms with Gasteiger partial charge in [-0.15, -0.1) is 0 Å². The van der Waals surface area contributed by atoms with Gasteiger partial charge in [-0.3, -0.25) is 4.48 Å². The van der Waals surface area contributed by atoms with Gasteiger partial charge in [-0.1, -0.05) is 42.5 Å². The maximum absolute atomic E-state index is 4.17. The predicted molar refractivity (Wildman–Crippen MR) is 78.9 cm³/mol. The van der Waals surface area contributed by atoms with Gasteiger partial charge in [0.05, 0.1) is 21.1 Å². The van der Waals surface area contributed by atoms with Gasteiger partial charge in [-0.05, 0) is 29.8 Å². The van der Waals surface area contributed by atoms with E-state index in [2.05, 4.69) is 76.3 Å². The van der Waals surface area contributed by atoms with E-state index in [1.165, 1.54) is 16.7 Å². The third-order valence-electron chi connectivity index (χ3n) is 3.13. The van der Waals surface area contributed by atoms with Crippen LogP contribution in [0.3, 0.4) is 0 Å². The zero-order valence-electron chi connectivity index (χ0n) is 11.4. The second-order valence-corrected chi connectivity index (χ2v) is 5.40. The Kier molecular flexibility index (Phi) is 3.35. The number of hydrogen-bond acceptors (Lipinski definition) is 0. The van der Waals surface area contributed by atoms with Crippen LogP contribution in [0.5, 0.6) is 0 Å². The van der Waals surface area contributed by atoms with Crippen LogP contribution in [0, 0.1) is 0 Å². The van der Waals surface area contributed by atoms with E-state index in [1.807, 2.05) is 6.07 Å². The van der Waals surface area contributed by atoms with Gasteiger partial charge < -0.3 is 0 Å². The normalized spacial score (nSPS) is 11.3. The number of nitrogens with zero attached hydrogens (tertiary/aromatic N) is 1. The lowest BCUT2D eigenvalue weighted by molar-refractivity contribution is -0.795. The van der Waals surface area contributed by atoms with Crippen molar-refractivity contribution in [3.63, 3.8) is 0 Å². The zero-order chi connectivity index (χ0) is 13.2. The van der Waals surface area contributed by atoms with E-state index in [4.69, 9.17) is 0 Å². The second kappa shape index (κ2) is 4.79. The first-order chi connectivity index (χ1) is 8.48. The molecule has 0 saturated heterocycles. The van der Waals surface area contributed by atoms with Crippen molar-refractivity contribution in [2.45, 2.75) is 0 Å². The molecule has 0 aliphatic carbocycles. The Labute approximate surface area is 110 Å². The van der Waals surface area contributed by atoms with Crippen LogP contribution in [-0.2, 0) is 0 Å². The first-order valence-electron chi connectivity index (χ1n) is 6.15. The monoisotopic (exact) mass is 238 g/mol. The molecule has 0 spiro atoms. The van der Waals surface area contributed by atoms with E-state index in [0.717, 1.165) is 10.2 Å². The minimum atomic E-state index is 0.755. The molecule has 0 heterocycles. The largest absolute Gasteiger partial charge is 0.298 e. The summed E-state index contributed by atoms with van der Waals surface area (Å²) >= 11 is 0. The Morgan fingerprint density at radius 1 is 0.778 bits per heavy atom. The van der Waals surface area contributed by atoms with Gasteiger partial charge in [0.2, 0.25) is 0 Å². The van der Waals surface area contributed by atoms with Crippen molar-refractivity contribution in [1.82, 2.24) is 0 Å². The first-order valence-corrected chi connectivity index (χ1v) is 6.15. The molecule has 18 heavy (non-hydrogen) atoms. The third kappa shape index (κ3) is 2.69. The number of benzene rings is 2. The van der Waals surface area contributed by atoms with Crippen molar-refractivity contribution < 1.29 is 4.48 Å². The molecule has 0 fully saturated rings. The molecule has 0 radical (unpaired) electrons. The smallest absolute Gasteiger partial charge is 0.132 e. The Morgan fingerprint density at radius 2 is 1.28 bits per heavy atom. The molecule has 1 heteroatoms. The summed E-state index contributed by atoms with van der Waals surface area (Å²) in [5.41, 5.74) is 4.81. The Balaban J connectivity index is 2.29. The fourth-order valence-electron chi connectivity index (χ4n) is 1.87. The Bertz CT molecular complexity index is 530. The second-order valence-electron chi connectivity index (χ2n) is 5.40. The van der Waals surface area contributed by atoms with Crippen molar-refractivity contribution in [3.8, 4) is 11.1 Å². The van der Waals surface area contributed by atoms with Crippen molar-refractivity contribution in [2.75, 3.05) is 21.1 Å². The maximum atomic E-state index is 4.17. The molecule has 2 aromatic rings. The van der Waals surface area contributed by atoms with Crippen LogP contribution in [0.2, 0.25) is 0 Å². The lowest BCUT2D eigenvalue weighted by Gasteiger charge is -2.25. The highest BCUT2D eigenvalue weighted by atomic mass is 15.3. The van der Waals surface area contributed by atoms with Crippen LogP contribution >= 0.6 is 0 Å². The van der Waals surface area contributed by atoms with E-state index >= 15 is 0 Å². The summed E-state index contributed by atoms with van der Waals surface area (Å²) in [5.74, 6) is 0. The SMILES string of the molecule is C=C(c1ccc(-c2ccccc2)cc1)[N+](C)(C)C. The highest BCUT2D eigenvalue weighted by Gasteiger charge is 2.15. The lowest BCUT2D eigenvalue weighted by Crippen LogP contribution is -2.31. The summed E-state index contributed by atoms with van der Waals surface area (Å²) in [6.07, 6.45) is 0. The molecule has 0 atom stereocenters. The number of quaternary nitrogens is 1. The molecule has 2 aromatic carbocycles. The first kappa shape index (κ1) is 12.6. The van der Waals surface area contributed by atoms with Crippen LogP contribution in [0.25, 0.3) is 16.8 Å². The van der Waals surface area contributed by atoms with Gasteiger partial charge in [0.15, 0.2) is 0 Å². The molecular formula is C17H20N+. The highest BCUT2D eigenvalue weighted by Crippen LogP contribution is 2.24. The van der Waals surface area contributed by atoms with Gasteiger partial charge in [0.25, 0.3) is 0 Å². The van der Waals surface area contributed by atoms with Crippen molar-refractivity contribution in [1.29, 1.82) is 0 Å².